The second-order valence-corrected chi connectivity index (χ2v) is 12.8. The number of nitrogens with two attached hydrogens (primary N) is 4. The zero-order chi connectivity index (χ0) is 36.7. The highest BCUT2D eigenvalue weighted by Gasteiger charge is 2.31. The van der Waals surface area contributed by atoms with Gasteiger partial charge in [-0.15, -0.1) is 0 Å². The van der Waals surface area contributed by atoms with E-state index in [-0.39, 0.29) is 57.4 Å². The maximum Gasteiger partial charge on any atom is 0.245 e. The number of hydrogen-bond acceptors (Lipinski definition) is 10. The number of rotatable bonds is 11. The standard InChI is InChI=1S/C32H59N11O7/c33-14-6-4-10-22-29(47)39-20-50-17-13-24(43-32(35)36)28(46)38-19-27(45)37-16-12-26(44)40-25(18-21-8-2-1-3-9-21)31(49)42-23(30(48)41-22)11-5-7-15-34/h21-25H,1-20,33-34H2,(H,37,45)(H,38,46)(H,39,47)(H,40,44)(H,41,48)(H,42,49)(H4,35,36,43)/t22-,23-,24+,25+/m0/s1. The number of aliphatic imine (C=N–C) groups is 1. The molecule has 0 aromatic heterocycles. The number of unbranched alkanes of at least 4 members (excludes halogenated alkanes) is 2. The Morgan fingerprint density at radius 2 is 1.30 bits per heavy atom. The third kappa shape index (κ3) is 17.1. The highest BCUT2D eigenvalue weighted by Crippen LogP contribution is 2.27. The van der Waals surface area contributed by atoms with E-state index in [0.717, 1.165) is 32.1 Å². The van der Waals surface area contributed by atoms with Crippen LogP contribution in [0, 0.1) is 5.92 Å². The SMILES string of the molecule is NCCCC[C@@H]1NC(=O)[C@H](CCCCN)NC(=O)[C@@H](CC2CCCCC2)NC(=O)CCNC(=O)CNC(=O)[C@H](N=C(N)N)CCOCNC1=O. The minimum absolute atomic E-state index is 0.0298. The van der Waals surface area contributed by atoms with E-state index in [2.05, 4.69) is 36.9 Å². The highest BCUT2D eigenvalue weighted by atomic mass is 16.5. The van der Waals surface area contributed by atoms with E-state index >= 15 is 0 Å². The van der Waals surface area contributed by atoms with Gasteiger partial charge in [-0.2, -0.15) is 0 Å². The molecule has 1 heterocycles. The Morgan fingerprint density at radius 3 is 1.92 bits per heavy atom. The van der Waals surface area contributed by atoms with Gasteiger partial charge < -0.3 is 59.6 Å². The summed E-state index contributed by atoms with van der Waals surface area (Å²) in [5.74, 6) is -3.30. The van der Waals surface area contributed by atoms with Crippen LogP contribution in [0.1, 0.15) is 89.9 Å². The van der Waals surface area contributed by atoms with Gasteiger partial charge in [0.15, 0.2) is 5.96 Å². The lowest BCUT2D eigenvalue weighted by atomic mass is 9.84. The lowest BCUT2D eigenvalue weighted by molar-refractivity contribution is -0.134. The van der Waals surface area contributed by atoms with Crippen molar-refractivity contribution < 1.29 is 33.5 Å². The van der Waals surface area contributed by atoms with Gasteiger partial charge in [-0.25, -0.2) is 4.99 Å². The van der Waals surface area contributed by atoms with Crippen LogP contribution in [-0.4, -0.2) is 105 Å². The van der Waals surface area contributed by atoms with Crippen molar-refractivity contribution in [3.8, 4) is 0 Å². The van der Waals surface area contributed by atoms with E-state index in [9.17, 15) is 28.8 Å². The zero-order valence-corrected chi connectivity index (χ0v) is 29.1. The monoisotopic (exact) mass is 709 g/mol. The molecular weight excluding hydrogens is 650 g/mol. The van der Waals surface area contributed by atoms with E-state index in [4.69, 9.17) is 27.7 Å². The number of carbonyl (C=O) groups excluding carboxylic acids is 6. The average molecular weight is 710 g/mol. The number of amides is 6. The minimum Gasteiger partial charge on any atom is -0.370 e. The van der Waals surface area contributed by atoms with Crippen LogP contribution in [-0.2, 0) is 33.5 Å². The average Bonchev–Trinajstić information content (AvgIpc) is 3.08. The van der Waals surface area contributed by atoms with Crippen molar-refractivity contribution >= 4 is 41.4 Å². The number of hydrogen-bond donors (Lipinski definition) is 10. The molecule has 0 aromatic carbocycles. The second kappa shape index (κ2) is 24.2. The first-order chi connectivity index (χ1) is 24.0. The molecule has 18 nitrogen and oxygen atoms in total. The smallest absolute Gasteiger partial charge is 0.245 e. The van der Waals surface area contributed by atoms with E-state index in [1.807, 2.05) is 0 Å². The molecule has 1 saturated heterocycles. The molecule has 284 valence electrons. The molecule has 0 bridgehead atoms. The number of ether oxygens (including phenoxy) is 1. The molecule has 2 rings (SSSR count). The topological polar surface area (TPSA) is 300 Å². The predicted molar refractivity (Wildman–Crippen MR) is 187 cm³/mol. The first-order valence-corrected chi connectivity index (χ1v) is 17.8. The fourth-order valence-corrected chi connectivity index (χ4v) is 5.93. The van der Waals surface area contributed by atoms with E-state index < -0.39 is 66.2 Å². The normalized spacial score (nSPS) is 24.8. The molecule has 1 saturated carbocycles. The van der Waals surface area contributed by atoms with Crippen molar-refractivity contribution in [1.29, 1.82) is 0 Å². The summed E-state index contributed by atoms with van der Waals surface area (Å²) >= 11 is 0. The molecule has 0 aromatic rings. The van der Waals surface area contributed by atoms with Crippen LogP contribution in [0.2, 0.25) is 0 Å². The second-order valence-electron chi connectivity index (χ2n) is 12.8. The maximum atomic E-state index is 13.8. The Kier molecular flexibility index (Phi) is 20.4. The number of nitrogens with zero attached hydrogens (tertiary/aromatic N) is 1. The van der Waals surface area contributed by atoms with Gasteiger partial charge in [0.25, 0.3) is 0 Å². The Hall–Kier alpha value is -4.03. The third-order valence-corrected chi connectivity index (χ3v) is 8.69. The molecule has 0 spiro atoms. The summed E-state index contributed by atoms with van der Waals surface area (Å²) in [5.41, 5.74) is 22.3. The molecule has 2 aliphatic rings. The van der Waals surface area contributed by atoms with Crippen LogP contribution in [0.4, 0.5) is 0 Å². The summed E-state index contributed by atoms with van der Waals surface area (Å²) in [4.78, 5) is 82.7. The molecule has 6 amide bonds. The molecule has 0 radical (unpaired) electrons. The van der Waals surface area contributed by atoms with Crippen molar-refractivity contribution in [2.45, 2.75) is 114 Å². The zero-order valence-electron chi connectivity index (χ0n) is 29.1. The number of carbonyl (C=O) groups is 6. The lowest BCUT2D eigenvalue weighted by Crippen LogP contribution is -2.57. The Morgan fingerprint density at radius 1 is 0.680 bits per heavy atom. The summed E-state index contributed by atoms with van der Waals surface area (Å²) in [6, 6.07) is -3.92. The summed E-state index contributed by atoms with van der Waals surface area (Å²) in [6.07, 6.45) is 8.26. The van der Waals surface area contributed by atoms with Crippen molar-refractivity contribution in [3.63, 3.8) is 0 Å². The van der Waals surface area contributed by atoms with Gasteiger partial charge in [0.2, 0.25) is 35.4 Å². The van der Waals surface area contributed by atoms with Crippen LogP contribution in [0.15, 0.2) is 4.99 Å². The molecule has 4 atom stereocenters. The van der Waals surface area contributed by atoms with Gasteiger partial charge in [0, 0.05) is 19.4 Å². The molecule has 18 heteroatoms. The van der Waals surface area contributed by atoms with Gasteiger partial charge in [0.05, 0.1) is 13.2 Å². The summed E-state index contributed by atoms with van der Waals surface area (Å²) in [5, 5.41) is 16.1. The first kappa shape index (κ1) is 42.1. The summed E-state index contributed by atoms with van der Waals surface area (Å²) in [6.45, 7) is 0.114. The lowest BCUT2D eigenvalue weighted by Gasteiger charge is -2.29. The minimum atomic E-state index is -1.07. The summed E-state index contributed by atoms with van der Waals surface area (Å²) in [7, 11) is 0. The fourth-order valence-electron chi connectivity index (χ4n) is 5.93. The van der Waals surface area contributed by atoms with Crippen LogP contribution in [0.5, 0.6) is 0 Å². The van der Waals surface area contributed by atoms with Crippen LogP contribution in [0.25, 0.3) is 0 Å². The van der Waals surface area contributed by atoms with Crippen LogP contribution in [0.3, 0.4) is 0 Å². The number of guanidine groups is 1. The molecule has 2 fully saturated rings. The highest BCUT2D eigenvalue weighted by molar-refractivity contribution is 5.94. The van der Waals surface area contributed by atoms with E-state index in [0.29, 0.717) is 45.2 Å². The Balaban J connectivity index is 2.32. The van der Waals surface area contributed by atoms with E-state index in [1.54, 1.807) is 0 Å². The molecular formula is C32H59N11O7. The predicted octanol–water partition coefficient (Wildman–Crippen LogP) is -2.57. The number of nitrogens with one attached hydrogen (secondary N) is 6. The largest absolute Gasteiger partial charge is 0.370 e. The fraction of sp³-hybridized carbons (Fsp3) is 0.781. The van der Waals surface area contributed by atoms with Crippen molar-refractivity contribution in [3.05, 3.63) is 0 Å². The molecule has 50 heavy (non-hydrogen) atoms. The molecule has 14 N–H and O–H groups in total. The molecule has 1 aliphatic carbocycles. The first-order valence-electron chi connectivity index (χ1n) is 17.8. The Bertz CT molecular complexity index is 1130. The quantitative estimate of drug-likeness (QED) is 0.0604. The van der Waals surface area contributed by atoms with Crippen molar-refractivity contribution in [2.75, 3.05) is 39.5 Å². The van der Waals surface area contributed by atoms with E-state index in [1.165, 1.54) is 0 Å². The van der Waals surface area contributed by atoms with Gasteiger partial charge in [-0.1, -0.05) is 32.1 Å². The Labute approximate surface area is 294 Å². The summed E-state index contributed by atoms with van der Waals surface area (Å²) < 4.78 is 5.51. The van der Waals surface area contributed by atoms with Gasteiger partial charge in [0.1, 0.15) is 30.9 Å². The molecule has 1 aliphatic heterocycles. The van der Waals surface area contributed by atoms with Crippen LogP contribution >= 0.6 is 0 Å². The van der Waals surface area contributed by atoms with Crippen molar-refractivity contribution in [1.82, 2.24) is 31.9 Å². The van der Waals surface area contributed by atoms with Gasteiger partial charge in [-0.05, 0) is 64.0 Å². The van der Waals surface area contributed by atoms with Gasteiger partial charge >= 0.3 is 0 Å². The maximum absolute atomic E-state index is 13.8. The third-order valence-electron chi connectivity index (χ3n) is 8.69. The van der Waals surface area contributed by atoms with Gasteiger partial charge in [-0.3, -0.25) is 28.8 Å². The van der Waals surface area contributed by atoms with Crippen molar-refractivity contribution in [2.24, 2.45) is 33.8 Å². The van der Waals surface area contributed by atoms with Crippen LogP contribution < -0.4 is 54.8 Å². The molecule has 0 unspecified atom stereocenters.